The van der Waals surface area contributed by atoms with E-state index in [0.29, 0.717) is 0 Å². The van der Waals surface area contributed by atoms with Gasteiger partial charge in [0.2, 0.25) is 0 Å². The van der Waals surface area contributed by atoms with Crippen LogP contribution in [-0.4, -0.2) is 57.7 Å². The molecular weight excluding hydrogens is 523 g/mol. The Hall–Kier alpha value is -1.89. The predicted octanol–water partition coefficient (Wildman–Crippen LogP) is 5.73. The van der Waals surface area contributed by atoms with E-state index in [1.807, 2.05) is 0 Å². The van der Waals surface area contributed by atoms with E-state index in [-0.39, 0.29) is 30.8 Å². The fourth-order valence-corrected chi connectivity index (χ4v) is 4.47. The summed E-state index contributed by atoms with van der Waals surface area (Å²) in [5.74, 6) is -1.16. The topological polar surface area (TPSA) is 58.6 Å². The third kappa shape index (κ3) is 5.53. The summed E-state index contributed by atoms with van der Waals surface area (Å²) in [6.45, 7) is 7.55. The summed E-state index contributed by atoms with van der Waals surface area (Å²) < 4.78 is 72.7. The van der Waals surface area contributed by atoms with Crippen molar-refractivity contribution in [3.05, 3.63) is 22.4 Å². The number of hydrogen-bond acceptors (Lipinski definition) is 6. The highest BCUT2D eigenvalue weighted by molar-refractivity contribution is 9.10. The zero-order chi connectivity index (χ0) is 24.0. The summed E-state index contributed by atoms with van der Waals surface area (Å²) in [5, 5.41) is -0.0589. The number of piperazine rings is 1. The van der Waals surface area contributed by atoms with Crippen molar-refractivity contribution in [2.45, 2.75) is 49.7 Å². The number of alkyl halides is 3. The zero-order valence-electron chi connectivity index (χ0n) is 17.6. The molecule has 3 rings (SSSR count). The van der Waals surface area contributed by atoms with E-state index in [4.69, 9.17) is 4.74 Å². The molecule has 0 unspecified atom stereocenters. The van der Waals surface area contributed by atoms with E-state index in [1.54, 1.807) is 32.6 Å². The summed E-state index contributed by atoms with van der Waals surface area (Å²) in [7, 11) is 0. The number of ether oxygens (including phenoxy) is 1. The molecule has 6 nitrogen and oxygen atoms in total. The normalized spacial score (nSPS) is 17.8. The van der Waals surface area contributed by atoms with Crippen molar-refractivity contribution >= 4 is 50.5 Å². The molecule has 1 amide bonds. The second kappa shape index (κ2) is 8.81. The Balaban J connectivity index is 1.99. The first-order valence-corrected chi connectivity index (χ1v) is 11.1. The highest BCUT2D eigenvalue weighted by Crippen LogP contribution is 2.44. The fourth-order valence-electron chi connectivity index (χ4n) is 3.32. The fraction of sp³-hybridized carbons (Fsp3) is 0.526. The van der Waals surface area contributed by atoms with Crippen LogP contribution in [0.25, 0.3) is 10.9 Å². The lowest BCUT2D eigenvalue weighted by Crippen LogP contribution is -2.55. The molecule has 1 aromatic carbocycles. The van der Waals surface area contributed by atoms with Gasteiger partial charge in [0.15, 0.2) is 5.82 Å². The molecule has 1 saturated heterocycles. The van der Waals surface area contributed by atoms with Gasteiger partial charge in [-0.25, -0.2) is 9.18 Å². The van der Waals surface area contributed by atoms with Crippen molar-refractivity contribution in [2.75, 3.05) is 24.5 Å². The number of carbonyl (C=O) groups is 1. The molecule has 0 bridgehead atoms. The minimum absolute atomic E-state index is 0.0423. The lowest BCUT2D eigenvalue weighted by Gasteiger charge is -2.41. The molecular formula is C19H20BrF5N4O2S. The summed E-state index contributed by atoms with van der Waals surface area (Å²) in [4.78, 5) is 22.2. The van der Waals surface area contributed by atoms with Crippen LogP contribution in [0.4, 0.5) is 32.6 Å². The minimum Gasteiger partial charge on any atom is -0.444 e. The first kappa shape index (κ1) is 24.7. The quantitative estimate of drug-likeness (QED) is 0.274. The summed E-state index contributed by atoms with van der Waals surface area (Å²) in [6, 6.07) is 0.682. The molecule has 0 saturated carbocycles. The van der Waals surface area contributed by atoms with E-state index < -0.39 is 61.8 Å². The number of amides is 1. The smallest absolute Gasteiger partial charge is 0.444 e. The molecule has 1 aliphatic heterocycles. The van der Waals surface area contributed by atoms with E-state index >= 15 is 0 Å². The van der Waals surface area contributed by atoms with Crippen molar-refractivity contribution < 1.29 is 31.5 Å². The van der Waals surface area contributed by atoms with Gasteiger partial charge < -0.3 is 14.5 Å². The van der Waals surface area contributed by atoms with Crippen molar-refractivity contribution in [1.29, 1.82) is 0 Å². The van der Waals surface area contributed by atoms with Gasteiger partial charge in [-0.1, -0.05) is 0 Å². The van der Waals surface area contributed by atoms with Gasteiger partial charge >= 0.3 is 17.7 Å². The Morgan fingerprint density at radius 2 is 1.88 bits per heavy atom. The Bertz CT molecular complexity index is 1050. The lowest BCUT2D eigenvalue weighted by atomic mass is 10.1. The monoisotopic (exact) mass is 542 g/mol. The number of carbonyl (C=O) groups excluding carboxylic acids is 1. The van der Waals surface area contributed by atoms with Gasteiger partial charge in [-0.15, -0.1) is 0 Å². The number of rotatable bonds is 2. The Morgan fingerprint density at radius 1 is 1.22 bits per heavy atom. The van der Waals surface area contributed by atoms with Gasteiger partial charge in [-0.2, -0.15) is 27.5 Å². The molecule has 176 valence electrons. The largest absolute Gasteiger partial charge is 0.446 e. The minimum atomic E-state index is -4.66. The van der Waals surface area contributed by atoms with Crippen molar-refractivity contribution in [3.63, 3.8) is 0 Å². The van der Waals surface area contributed by atoms with Crippen molar-refractivity contribution in [3.8, 4) is 0 Å². The van der Waals surface area contributed by atoms with E-state index in [1.165, 1.54) is 4.90 Å². The van der Waals surface area contributed by atoms with Gasteiger partial charge in [-0.05, 0) is 61.5 Å². The Morgan fingerprint density at radius 3 is 2.44 bits per heavy atom. The molecule has 0 N–H and O–H groups in total. The average Bonchev–Trinajstić information content (AvgIpc) is 2.63. The molecule has 2 heterocycles. The molecule has 32 heavy (non-hydrogen) atoms. The number of hydrogen-bond donors (Lipinski definition) is 0. The van der Waals surface area contributed by atoms with Crippen LogP contribution in [0.3, 0.4) is 0 Å². The SMILES string of the molecule is C[C@H]1CN(C(=O)OC(C)(C)C)CCN1c1nc(F)nc2c(F)c(Br)c(SC(F)(F)F)cc12. The highest BCUT2D eigenvalue weighted by Gasteiger charge is 2.34. The van der Waals surface area contributed by atoms with Crippen molar-refractivity contribution in [2.24, 2.45) is 0 Å². The average molecular weight is 543 g/mol. The molecule has 1 aliphatic rings. The standard InChI is InChI=1S/C19H20BrF5N4O2S/c1-9-8-28(17(30)31-18(2,3)4)5-6-29(9)15-10-7-11(32-19(23,24)25)12(20)13(21)14(10)26-16(22)27-15/h7,9H,5-6,8H2,1-4H3/t9-/m0/s1. The second-order valence-electron chi connectivity index (χ2n) is 8.23. The van der Waals surface area contributed by atoms with Crippen LogP contribution in [0.1, 0.15) is 27.7 Å². The Kier molecular flexibility index (Phi) is 6.81. The third-order valence-electron chi connectivity index (χ3n) is 4.57. The highest BCUT2D eigenvalue weighted by atomic mass is 79.9. The second-order valence-corrected chi connectivity index (χ2v) is 10.1. The number of benzene rings is 1. The molecule has 0 radical (unpaired) electrons. The van der Waals surface area contributed by atoms with Crippen LogP contribution in [0.5, 0.6) is 0 Å². The van der Waals surface area contributed by atoms with Gasteiger partial charge in [-0.3, -0.25) is 0 Å². The van der Waals surface area contributed by atoms with Crippen LogP contribution < -0.4 is 4.90 Å². The van der Waals surface area contributed by atoms with Crippen LogP contribution in [0, 0.1) is 11.9 Å². The molecule has 0 aliphatic carbocycles. The maximum Gasteiger partial charge on any atom is 0.446 e. The number of anilines is 1. The number of aromatic nitrogens is 2. The summed E-state index contributed by atoms with van der Waals surface area (Å²) in [5.41, 5.74) is -5.77. The number of thioether (sulfide) groups is 1. The summed E-state index contributed by atoms with van der Waals surface area (Å²) >= 11 is 2.31. The maximum absolute atomic E-state index is 14.8. The van der Waals surface area contributed by atoms with Crippen LogP contribution in [-0.2, 0) is 4.74 Å². The molecule has 13 heteroatoms. The van der Waals surface area contributed by atoms with Crippen molar-refractivity contribution in [1.82, 2.24) is 14.9 Å². The van der Waals surface area contributed by atoms with E-state index in [9.17, 15) is 26.7 Å². The predicted molar refractivity (Wildman–Crippen MR) is 114 cm³/mol. The van der Waals surface area contributed by atoms with Crippen LogP contribution in [0.15, 0.2) is 15.4 Å². The maximum atomic E-state index is 14.8. The summed E-state index contributed by atoms with van der Waals surface area (Å²) in [6.07, 6.45) is -1.72. The first-order chi connectivity index (χ1) is 14.7. The lowest BCUT2D eigenvalue weighted by molar-refractivity contribution is -0.0328. The zero-order valence-corrected chi connectivity index (χ0v) is 20.0. The van der Waals surface area contributed by atoms with Gasteiger partial charge in [0.05, 0.1) is 4.47 Å². The third-order valence-corrected chi connectivity index (χ3v) is 6.38. The Labute approximate surface area is 193 Å². The number of halogens is 6. The molecule has 2 aromatic rings. The number of fused-ring (bicyclic) bond motifs is 1. The molecule has 0 spiro atoms. The molecule has 1 fully saturated rings. The first-order valence-electron chi connectivity index (χ1n) is 9.52. The van der Waals surface area contributed by atoms with Gasteiger partial charge in [0, 0.05) is 36.0 Å². The van der Waals surface area contributed by atoms with Gasteiger partial charge in [0.25, 0.3) is 0 Å². The van der Waals surface area contributed by atoms with E-state index in [2.05, 4.69) is 25.9 Å². The van der Waals surface area contributed by atoms with Gasteiger partial charge in [0.1, 0.15) is 16.9 Å². The van der Waals surface area contributed by atoms with Crippen LogP contribution >= 0.6 is 27.7 Å². The van der Waals surface area contributed by atoms with Crippen LogP contribution in [0.2, 0.25) is 0 Å². The van der Waals surface area contributed by atoms with E-state index in [0.717, 1.165) is 6.07 Å². The molecule has 1 aromatic heterocycles. The molecule has 1 atom stereocenters. The number of nitrogens with zero attached hydrogens (tertiary/aromatic N) is 4.